The lowest BCUT2D eigenvalue weighted by Crippen LogP contribution is -2.45. The molecule has 0 aliphatic carbocycles. The number of benzene rings is 2. The molecule has 2 N–H and O–H groups in total. The van der Waals surface area contributed by atoms with Gasteiger partial charge in [0.15, 0.2) is 11.5 Å². The Labute approximate surface area is 172 Å². The zero-order valence-electron chi connectivity index (χ0n) is 17.8. The van der Waals surface area contributed by atoms with Gasteiger partial charge in [0.05, 0.1) is 14.2 Å². The molecular formula is C23H30N2O4. The van der Waals surface area contributed by atoms with E-state index in [-0.39, 0.29) is 11.8 Å². The quantitative estimate of drug-likeness (QED) is 0.633. The number of hydrogen-bond acceptors (Lipinski definition) is 4. The Morgan fingerprint density at radius 2 is 1.66 bits per heavy atom. The fraction of sp³-hybridized carbons (Fsp3) is 0.391. The number of carbonyl (C=O) groups is 2. The molecule has 0 bridgehead atoms. The molecule has 0 unspecified atom stereocenters. The summed E-state index contributed by atoms with van der Waals surface area (Å²) in [7, 11) is 3.17. The Morgan fingerprint density at radius 3 is 2.31 bits per heavy atom. The zero-order valence-corrected chi connectivity index (χ0v) is 17.8. The summed E-state index contributed by atoms with van der Waals surface area (Å²) in [6.45, 7) is 5.69. The van der Waals surface area contributed by atoms with Gasteiger partial charge in [0.2, 0.25) is 11.8 Å². The predicted molar refractivity (Wildman–Crippen MR) is 114 cm³/mol. The number of carbonyl (C=O) groups excluding carboxylic acids is 2. The molecule has 0 aromatic heterocycles. The third-order valence-electron chi connectivity index (χ3n) is 4.93. The summed E-state index contributed by atoms with van der Waals surface area (Å²) in [5.41, 5.74) is 1.58. The third-order valence-corrected chi connectivity index (χ3v) is 4.93. The van der Waals surface area contributed by atoms with Crippen LogP contribution in [0.3, 0.4) is 0 Å². The smallest absolute Gasteiger partial charge is 0.239 e. The minimum Gasteiger partial charge on any atom is -0.493 e. The van der Waals surface area contributed by atoms with E-state index in [1.165, 1.54) is 0 Å². The molecule has 2 aromatic carbocycles. The summed E-state index contributed by atoms with van der Waals surface area (Å²) >= 11 is 0. The minimum atomic E-state index is -1.20. The van der Waals surface area contributed by atoms with Crippen molar-refractivity contribution in [3.8, 4) is 11.5 Å². The molecule has 2 amide bonds. The lowest BCUT2D eigenvalue weighted by Gasteiger charge is -2.23. The van der Waals surface area contributed by atoms with Crippen LogP contribution in [0, 0.1) is 5.41 Å². The molecular weight excluding hydrogens is 368 g/mol. The molecule has 0 aliphatic heterocycles. The maximum atomic E-state index is 12.7. The second-order valence-electron chi connectivity index (χ2n) is 7.29. The summed E-state index contributed by atoms with van der Waals surface area (Å²) in [4.78, 5) is 25.4. The summed E-state index contributed by atoms with van der Waals surface area (Å²) in [5, 5.41) is 5.75. The molecule has 0 heterocycles. The molecule has 156 valence electrons. The summed E-state index contributed by atoms with van der Waals surface area (Å²) < 4.78 is 10.5. The molecule has 29 heavy (non-hydrogen) atoms. The van der Waals surface area contributed by atoms with Gasteiger partial charge in [0.25, 0.3) is 0 Å². The average molecular weight is 399 g/mol. The lowest BCUT2D eigenvalue weighted by atomic mass is 9.90. The first-order valence-electron chi connectivity index (χ1n) is 9.72. The van der Waals surface area contributed by atoms with Crippen LogP contribution in [0.15, 0.2) is 42.5 Å². The van der Waals surface area contributed by atoms with Crippen molar-refractivity contribution in [1.29, 1.82) is 0 Å². The summed E-state index contributed by atoms with van der Waals surface area (Å²) in [6, 6.07) is 13.2. The first-order chi connectivity index (χ1) is 13.8. The van der Waals surface area contributed by atoms with Crippen molar-refractivity contribution >= 4 is 17.5 Å². The van der Waals surface area contributed by atoms with Gasteiger partial charge in [-0.2, -0.15) is 0 Å². The van der Waals surface area contributed by atoms with E-state index in [0.717, 1.165) is 23.2 Å². The maximum absolute atomic E-state index is 12.7. The molecule has 2 aromatic rings. The second kappa shape index (κ2) is 9.96. The number of hydrogen-bond donors (Lipinski definition) is 2. The predicted octanol–water partition coefficient (Wildman–Crippen LogP) is 3.59. The molecule has 0 radical (unpaired) electrons. The van der Waals surface area contributed by atoms with Crippen LogP contribution >= 0.6 is 0 Å². The number of ether oxygens (including phenoxy) is 2. The Hall–Kier alpha value is -3.02. The highest BCUT2D eigenvalue weighted by molar-refractivity contribution is 6.10. The van der Waals surface area contributed by atoms with Gasteiger partial charge in [-0.25, -0.2) is 0 Å². The maximum Gasteiger partial charge on any atom is 0.239 e. The van der Waals surface area contributed by atoms with Gasteiger partial charge in [-0.1, -0.05) is 31.2 Å². The van der Waals surface area contributed by atoms with Crippen molar-refractivity contribution in [3.05, 3.63) is 53.6 Å². The minimum absolute atomic E-state index is 0.315. The molecule has 0 atom stereocenters. The van der Waals surface area contributed by atoms with Crippen LogP contribution in [0.4, 0.5) is 5.69 Å². The Kier molecular flexibility index (Phi) is 7.65. The van der Waals surface area contributed by atoms with Gasteiger partial charge < -0.3 is 20.1 Å². The number of amides is 2. The Bertz CT molecular complexity index is 862. The monoisotopic (exact) mass is 398 g/mol. The highest BCUT2D eigenvalue weighted by atomic mass is 16.5. The molecule has 0 spiro atoms. The van der Waals surface area contributed by atoms with Gasteiger partial charge in [-0.15, -0.1) is 0 Å². The van der Waals surface area contributed by atoms with Crippen LogP contribution in [0.1, 0.15) is 31.9 Å². The van der Waals surface area contributed by atoms with E-state index in [1.807, 2.05) is 49.4 Å². The van der Waals surface area contributed by atoms with Gasteiger partial charge in [-0.05, 0) is 56.0 Å². The van der Waals surface area contributed by atoms with Crippen molar-refractivity contribution in [2.24, 2.45) is 5.41 Å². The van der Waals surface area contributed by atoms with E-state index < -0.39 is 5.41 Å². The van der Waals surface area contributed by atoms with E-state index >= 15 is 0 Å². The average Bonchev–Trinajstić information content (AvgIpc) is 2.73. The van der Waals surface area contributed by atoms with Crippen LogP contribution in [0.2, 0.25) is 0 Å². The van der Waals surface area contributed by atoms with Crippen molar-refractivity contribution in [2.75, 3.05) is 26.1 Å². The number of methoxy groups -OCH3 is 2. The molecule has 0 aliphatic rings. The normalized spacial score (nSPS) is 10.9. The molecule has 0 saturated carbocycles. The molecule has 2 rings (SSSR count). The Balaban J connectivity index is 1.95. The summed E-state index contributed by atoms with van der Waals surface area (Å²) in [6.07, 6.45) is 1.41. The third kappa shape index (κ3) is 5.50. The SMILES string of the molecule is CCc1ccccc1NC(=O)C(C)(C)C(=O)NCCc1ccc(OC)c(OC)c1. The molecule has 0 fully saturated rings. The van der Waals surface area contributed by atoms with E-state index in [0.29, 0.717) is 24.5 Å². The fourth-order valence-electron chi connectivity index (χ4n) is 2.91. The van der Waals surface area contributed by atoms with E-state index in [2.05, 4.69) is 10.6 Å². The van der Waals surface area contributed by atoms with Gasteiger partial charge >= 0.3 is 0 Å². The molecule has 6 heteroatoms. The number of nitrogens with one attached hydrogen (secondary N) is 2. The Morgan fingerprint density at radius 1 is 0.966 bits per heavy atom. The van der Waals surface area contributed by atoms with E-state index in [9.17, 15) is 9.59 Å². The highest BCUT2D eigenvalue weighted by Gasteiger charge is 2.36. The lowest BCUT2D eigenvalue weighted by molar-refractivity contribution is -0.138. The van der Waals surface area contributed by atoms with Crippen LogP contribution in [0.25, 0.3) is 0 Å². The number of para-hydroxylation sites is 1. The first kappa shape index (κ1) is 22.3. The van der Waals surface area contributed by atoms with Crippen molar-refractivity contribution in [1.82, 2.24) is 5.32 Å². The highest BCUT2D eigenvalue weighted by Crippen LogP contribution is 2.27. The van der Waals surface area contributed by atoms with E-state index in [4.69, 9.17) is 9.47 Å². The fourth-order valence-corrected chi connectivity index (χ4v) is 2.91. The van der Waals surface area contributed by atoms with E-state index in [1.54, 1.807) is 28.1 Å². The van der Waals surface area contributed by atoms with Crippen molar-refractivity contribution < 1.29 is 19.1 Å². The largest absolute Gasteiger partial charge is 0.493 e. The standard InChI is InChI=1S/C23H30N2O4/c1-6-17-9-7-8-10-18(17)25-22(27)23(2,3)21(26)24-14-13-16-11-12-19(28-4)20(15-16)29-5/h7-12,15H,6,13-14H2,1-5H3,(H,24,26)(H,25,27). The first-order valence-corrected chi connectivity index (χ1v) is 9.72. The van der Waals surface area contributed by atoms with Crippen molar-refractivity contribution in [2.45, 2.75) is 33.6 Å². The van der Waals surface area contributed by atoms with Crippen LogP contribution in [-0.2, 0) is 22.4 Å². The van der Waals surface area contributed by atoms with Crippen molar-refractivity contribution in [3.63, 3.8) is 0 Å². The molecule has 6 nitrogen and oxygen atoms in total. The summed E-state index contributed by atoms with van der Waals surface area (Å²) in [5.74, 6) is 0.655. The molecule has 0 saturated heterocycles. The van der Waals surface area contributed by atoms with Crippen LogP contribution in [-0.4, -0.2) is 32.6 Å². The topological polar surface area (TPSA) is 76.7 Å². The second-order valence-corrected chi connectivity index (χ2v) is 7.29. The van der Waals surface area contributed by atoms with Gasteiger partial charge in [0, 0.05) is 12.2 Å². The van der Waals surface area contributed by atoms with Crippen LogP contribution < -0.4 is 20.1 Å². The van der Waals surface area contributed by atoms with Crippen LogP contribution in [0.5, 0.6) is 11.5 Å². The van der Waals surface area contributed by atoms with Gasteiger partial charge in [-0.3, -0.25) is 9.59 Å². The number of aryl methyl sites for hydroxylation is 1. The van der Waals surface area contributed by atoms with Gasteiger partial charge in [0.1, 0.15) is 5.41 Å². The zero-order chi connectivity index (χ0) is 21.4. The number of anilines is 1. The number of rotatable bonds is 9.